The first kappa shape index (κ1) is 26.7. The van der Waals surface area contributed by atoms with E-state index >= 15 is 4.39 Å². The van der Waals surface area contributed by atoms with Crippen molar-refractivity contribution in [2.24, 2.45) is 0 Å². The van der Waals surface area contributed by atoms with Crippen LogP contribution in [-0.4, -0.2) is 65.2 Å². The van der Waals surface area contributed by atoms with E-state index in [4.69, 9.17) is 4.74 Å². The van der Waals surface area contributed by atoms with Gasteiger partial charge < -0.3 is 15.0 Å². The molecule has 1 N–H and O–H groups in total. The number of ether oxygens (including phenoxy) is 1. The van der Waals surface area contributed by atoms with Crippen molar-refractivity contribution in [3.63, 3.8) is 0 Å². The summed E-state index contributed by atoms with van der Waals surface area (Å²) < 4.78 is 73.1. The molecule has 3 heterocycles. The Kier molecular flexibility index (Phi) is 8.17. The molecule has 1 aliphatic heterocycles. The minimum atomic E-state index is -4.71. The summed E-state index contributed by atoms with van der Waals surface area (Å²) in [5, 5.41) is 4.34. The standard InChI is InChI=1S/C23H23F5N6O2S/c1-2-36-18(35)3-4-33-5-7-34(8-6-33)21-19(25)20(29-13-30-21)32-22-31-17(12-37-22)14-9-15(23(26,27)28)11-16(24)10-14/h9-13H,2-8H2,1H3,(H,29,30,31,32). The lowest BCUT2D eigenvalue weighted by atomic mass is 10.1. The Labute approximate surface area is 213 Å². The number of alkyl halides is 3. The molecule has 3 aromatic rings. The largest absolute Gasteiger partial charge is 0.466 e. The van der Waals surface area contributed by atoms with Crippen molar-refractivity contribution in [2.75, 3.05) is 49.5 Å². The zero-order chi connectivity index (χ0) is 26.6. The fourth-order valence-corrected chi connectivity index (χ4v) is 4.52. The number of thiazole rings is 1. The van der Waals surface area contributed by atoms with Gasteiger partial charge in [-0.25, -0.2) is 19.3 Å². The van der Waals surface area contributed by atoms with E-state index in [9.17, 15) is 22.4 Å². The van der Waals surface area contributed by atoms with E-state index in [-0.39, 0.29) is 40.4 Å². The molecule has 4 rings (SSSR count). The molecule has 1 aliphatic rings. The SMILES string of the molecule is CCOC(=O)CCN1CCN(c2ncnc(Nc3nc(-c4cc(F)cc(C(F)(F)F)c4)cs3)c2F)CC1. The van der Waals surface area contributed by atoms with Gasteiger partial charge >= 0.3 is 12.1 Å². The highest BCUT2D eigenvalue weighted by molar-refractivity contribution is 7.14. The highest BCUT2D eigenvalue weighted by atomic mass is 32.1. The predicted octanol–water partition coefficient (Wildman–Crippen LogP) is 4.72. The molecular formula is C23H23F5N6O2S. The van der Waals surface area contributed by atoms with Crippen LogP contribution in [0.5, 0.6) is 0 Å². The number of benzene rings is 1. The van der Waals surface area contributed by atoms with Crippen molar-refractivity contribution in [3.05, 3.63) is 47.1 Å². The molecule has 37 heavy (non-hydrogen) atoms. The quantitative estimate of drug-likeness (QED) is 0.324. The number of halogens is 5. The zero-order valence-corrected chi connectivity index (χ0v) is 20.5. The van der Waals surface area contributed by atoms with E-state index < -0.39 is 23.4 Å². The second-order valence-electron chi connectivity index (χ2n) is 8.13. The van der Waals surface area contributed by atoms with Crippen LogP contribution in [0.3, 0.4) is 0 Å². The van der Waals surface area contributed by atoms with Gasteiger partial charge in [-0.3, -0.25) is 9.69 Å². The number of anilines is 3. The third-order valence-corrected chi connectivity index (χ3v) is 6.39. The molecule has 2 aromatic heterocycles. The summed E-state index contributed by atoms with van der Waals surface area (Å²) >= 11 is 1.01. The summed E-state index contributed by atoms with van der Waals surface area (Å²) in [5.41, 5.74) is -1.08. The minimum Gasteiger partial charge on any atom is -0.466 e. The Morgan fingerprint density at radius 3 is 2.59 bits per heavy atom. The second kappa shape index (κ2) is 11.3. The molecule has 198 valence electrons. The van der Waals surface area contributed by atoms with Crippen LogP contribution in [0.15, 0.2) is 29.9 Å². The van der Waals surface area contributed by atoms with Crippen LogP contribution < -0.4 is 10.2 Å². The first-order valence-electron chi connectivity index (χ1n) is 11.4. The van der Waals surface area contributed by atoms with E-state index in [2.05, 4.69) is 25.2 Å². The van der Waals surface area contributed by atoms with Gasteiger partial charge in [0.05, 0.1) is 24.3 Å². The Bertz CT molecular complexity index is 1250. The number of carbonyl (C=O) groups excluding carboxylic acids is 1. The van der Waals surface area contributed by atoms with Crippen LogP contribution in [0.25, 0.3) is 11.3 Å². The van der Waals surface area contributed by atoms with Gasteiger partial charge in [-0.2, -0.15) is 17.6 Å². The number of nitrogens with zero attached hydrogens (tertiary/aromatic N) is 5. The molecular weight excluding hydrogens is 519 g/mol. The van der Waals surface area contributed by atoms with Crippen LogP contribution in [-0.2, 0) is 15.7 Å². The summed E-state index contributed by atoms with van der Waals surface area (Å²) in [4.78, 5) is 27.6. The van der Waals surface area contributed by atoms with Crippen molar-refractivity contribution in [2.45, 2.75) is 19.5 Å². The molecule has 0 saturated carbocycles. The van der Waals surface area contributed by atoms with Crippen LogP contribution in [0.2, 0.25) is 0 Å². The van der Waals surface area contributed by atoms with Gasteiger partial charge in [-0.15, -0.1) is 11.3 Å². The normalized spacial score (nSPS) is 14.6. The van der Waals surface area contributed by atoms with Crippen molar-refractivity contribution in [1.29, 1.82) is 0 Å². The lowest BCUT2D eigenvalue weighted by Gasteiger charge is -2.35. The van der Waals surface area contributed by atoms with Crippen molar-refractivity contribution in [3.8, 4) is 11.3 Å². The lowest BCUT2D eigenvalue weighted by Crippen LogP contribution is -2.47. The fourth-order valence-electron chi connectivity index (χ4n) is 3.80. The summed E-state index contributed by atoms with van der Waals surface area (Å²) in [6.45, 7) is 4.82. The fraction of sp³-hybridized carbons (Fsp3) is 0.391. The maximum absolute atomic E-state index is 15.2. The van der Waals surface area contributed by atoms with Gasteiger partial charge in [0.1, 0.15) is 12.1 Å². The van der Waals surface area contributed by atoms with Crippen molar-refractivity contribution >= 4 is 34.1 Å². The van der Waals surface area contributed by atoms with E-state index in [1.807, 2.05) is 0 Å². The monoisotopic (exact) mass is 542 g/mol. The lowest BCUT2D eigenvalue weighted by molar-refractivity contribution is -0.143. The van der Waals surface area contributed by atoms with Gasteiger partial charge in [0.25, 0.3) is 0 Å². The summed E-state index contributed by atoms with van der Waals surface area (Å²) in [7, 11) is 0. The van der Waals surface area contributed by atoms with E-state index in [1.54, 1.807) is 11.8 Å². The molecule has 0 radical (unpaired) electrons. The minimum absolute atomic E-state index is 0.0544. The molecule has 0 aliphatic carbocycles. The van der Waals surface area contributed by atoms with Gasteiger partial charge in [-0.1, -0.05) is 0 Å². The molecule has 0 atom stereocenters. The smallest absolute Gasteiger partial charge is 0.416 e. The van der Waals surface area contributed by atoms with E-state index in [0.29, 0.717) is 45.4 Å². The van der Waals surface area contributed by atoms with Crippen LogP contribution in [0, 0.1) is 11.6 Å². The summed E-state index contributed by atoms with van der Waals surface area (Å²) in [5.74, 6) is -2.06. The van der Waals surface area contributed by atoms with Crippen molar-refractivity contribution < 1.29 is 31.5 Å². The molecule has 1 fully saturated rings. The maximum Gasteiger partial charge on any atom is 0.416 e. The topological polar surface area (TPSA) is 83.5 Å². The number of esters is 1. The maximum atomic E-state index is 15.2. The number of carbonyl (C=O) groups is 1. The zero-order valence-electron chi connectivity index (χ0n) is 19.7. The second-order valence-corrected chi connectivity index (χ2v) is 8.99. The Morgan fingerprint density at radius 1 is 1.14 bits per heavy atom. The van der Waals surface area contributed by atoms with Gasteiger partial charge in [-0.05, 0) is 25.1 Å². The van der Waals surface area contributed by atoms with Crippen molar-refractivity contribution in [1.82, 2.24) is 19.9 Å². The molecule has 1 saturated heterocycles. The highest BCUT2D eigenvalue weighted by Gasteiger charge is 2.31. The first-order chi connectivity index (χ1) is 17.6. The van der Waals surface area contributed by atoms with Crippen LogP contribution in [0.4, 0.5) is 38.7 Å². The molecule has 0 unspecified atom stereocenters. The van der Waals surface area contributed by atoms with Gasteiger partial charge in [0.2, 0.25) is 5.82 Å². The Balaban J connectivity index is 1.42. The molecule has 0 bridgehead atoms. The predicted molar refractivity (Wildman–Crippen MR) is 128 cm³/mol. The molecule has 0 amide bonds. The van der Waals surface area contributed by atoms with E-state index in [0.717, 1.165) is 23.5 Å². The number of hydrogen-bond donors (Lipinski definition) is 1. The molecule has 0 spiro atoms. The van der Waals surface area contributed by atoms with Gasteiger partial charge in [0.15, 0.2) is 16.8 Å². The average Bonchev–Trinajstić information content (AvgIpc) is 3.32. The number of piperazine rings is 1. The number of hydrogen-bond acceptors (Lipinski definition) is 9. The van der Waals surface area contributed by atoms with Crippen LogP contribution in [0.1, 0.15) is 18.9 Å². The highest BCUT2D eigenvalue weighted by Crippen LogP contribution is 2.35. The first-order valence-corrected chi connectivity index (χ1v) is 12.3. The third kappa shape index (κ3) is 6.68. The molecule has 14 heteroatoms. The molecule has 1 aromatic carbocycles. The summed E-state index contributed by atoms with van der Waals surface area (Å²) in [6.07, 6.45) is -3.22. The van der Waals surface area contributed by atoms with E-state index in [1.165, 1.54) is 11.7 Å². The number of aromatic nitrogens is 3. The summed E-state index contributed by atoms with van der Waals surface area (Å²) in [6, 6.07) is 2.16. The average molecular weight is 543 g/mol. The van der Waals surface area contributed by atoms with Crippen LogP contribution >= 0.6 is 11.3 Å². The number of rotatable bonds is 8. The Hall–Kier alpha value is -3.39. The third-order valence-electron chi connectivity index (χ3n) is 5.63. The Morgan fingerprint density at radius 2 is 1.89 bits per heavy atom. The number of nitrogens with one attached hydrogen (secondary N) is 1. The molecule has 8 nitrogen and oxygen atoms in total. The van der Waals surface area contributed by atoms with Gasteiger partial charge in [0, 0.05) is 43.7 Å².